The number of anilines is 1. The standard InChI is InChI=1S/C25H23N3O4/c1-15-8-10-18(11-9-15)27-25-20(24(30)28-21-6-4-5-7-22(21)31-3)12-19-17(14-29)13-26-16(2)23(19)32-25/h4-13,29H,14H2,1-3H3,(H,28,30). The Morgan fingerprint density at radius 1 is 1.16 bits per heavy atom. The number of benzene rings is 2. The number of amides is 1. The molecule has 0 spiro atoms. The van der Waals surface area contributed by atoms with E-state index in [1.54, 1.807) is 37.4 Å². The summed E-state index contributed by atoms with van der Waals surface area (Å²) in [6.45, 7) is 3.56. The molecular formula is C25H23N3O4. The number of methoxy groups -OCH3 is 1. The third-order valence-electron chi connectivity index (χ3n) is 5.09. The zero-order valence-corrected chi connectivity index (χ0v) is 18.0. The maximum Gasteiger partial charge on any atom is 0.261 e. The van der Waals surface area contributed by atoms with Crippen molar-refractivity contribution in [3.05, 3.63) is 88.7 Å². The Balaban J connectivity index is 1.92. The molecule has 2 N–H and O–H groups in total. The topological polar surface area (TPSA) is 97.0 Å². The molecule has 0 atom stereocenters. The number of carbonyl (C=O) groups is 1. The number of nitrogens with zero attached hydrogens (tertiary/aromatic N) is 2. The molecule has 0 bridgehead atoms. The third kappa shape index (κ3) is 4.24. The van der Waals surface area contributed by atoms with Gasteiger partial charge in [-0.3, -0.25) is 9.78 Å². The predicted molar refractivity (Wildman–Crippen MR) is 122 cm³/mol. The molecule has 32 heavy (non-hydrogen) atoms. The van der Waals surface area contributed by atoms with Crippen LogP contribution in [0.4, 0.5) is 11.4 Å². The van der Waals surface area contributed by atoms with E-state index in [4.69, 9.17) is 9.15 Å². The number of hydrogen-bond acceptors (Lipinski definition) is 6. The van der Waals surface area contributed by atoms with Crippen LogP contribution in [-0.4, -0.2) is 23.1 Å². The highest BCUT2D eigenvalue weighted by atomic mass is 16.5. The van der Waals surface area contributed by atoms with E-state index in [0.717, 1.165) is 5.56 Å². The number of aromatic nitrogens is 1. The Hall–Kier alpha value is -3.97. The highest BCUT2D eigenvalue weighted by Crippen LogP contribution is 2.25. The van der Waals surface area contributed by atoms with Crippen LogP contribution in [0.3, 0.4) is 0 Å². The summed E-state index contributed by atoms with van der Waals surface area (Å²) in [5.41, 5.74) is 4.30. The van der Waals surface area contributed by atoms with E-state index in [9.17, 15) is 9.90 Å². The summed E-state index contributed by atoms with van der Waals surface area (Å²) in [5, 5.41) is 13.2. The van der Waals surface area contributed by atoms with Gasteiger partial charge in [-0.25, -0.2) is 4.99 Å². The van der Waals surface area contributed by atoms with Crippen LogP contribution in [-0.2, 0) is 6.61 Å². The van der Waals surface area contributed by atoms with Gasteiger partial charge in [0.05, 0.1) is 30.8 Å². The molecule has 162 valence electrons. The number of rotatable bonds is 5. The lowest BCUT2D eigenvalue weighted by molar-refractivity contribution is 0.102. The van der Waals surface area contributed by atoms with Crippen LogP contribution in [0.2, 0.25) is 0 Å². The van der Waals surface area contributed by atoms with Crippen molar-refractivity contribution in [1.82, 2.24) is 4.98 Å². The first-order valence-electron chi connectivity index (χ1n) is 10.1. The van der Waals surface area contributed by atoms with Gasteiger partial charge in [0.2, 0.25) is 5.55 Å². The van der Waals surface area contributed by atoms with Gasteiger partial charge in [0.1, 0.15) is 11.3 Å². The molecule has 0 saturated carbocycles. The number of ether oxygens (including phenoxy) is 1. The molecule has 2 aromatic carbocycles. The van der Waals surface area contributed by atoms with Crippen LogP contribution in [0.15, 0.2) is 70.2 Å². The average Bonchev–Trinajstić information content (AvgIpc) is 2.81. The lowest BCUT2D eigenvalue weighted by atomic mass is 10.1. The summed E-state index contributed by atoms with van der Waals surface area (Å²) in [6.07, 6.45) is 1.58. The van der Waals surface area contributed by atoms with E-state index in [-0.39, 0.29) is 17.7 Å². The Kier molecular flexibility index (Phi) is 6.00. The lowest BCUT2D eigenvalue weighted by Gasteiger charge is -2.11. The molecule has 0 aliphatic carbocycles. The minimum atomic E-state index is -0.413. The summed E-state index contributed by atoms with van der Waals surface area (Å²) < 4.78 is 11.4. The van der Waals surface area contributed by atoms with Gasteiger partial charge in [0, 0.05) is 17.1 Å². The number of aryl methyl sites for hydroxylation is 2. The minimum absolute atomic E-state index is 0.147. The van der Waals surface area contributed by atoms with Gasteiger partial charge in [-0.2, -0.15) is 0 Å². The monoisotopic (exact) mass is 429 g/mol. The maximum atomic E-state index is 13.3. The van der Waals surface area contributed by atoms with Gasteiger partial charge in [-0.05, 0) is 44.2 Å². The fraction of sp³-hybridized carbons (Fsp3) is 0.160. The molecule has 4 aromatic rings. The number of aliphatic hydroxyl groups excluding tert-OH is 1. The largest absolute Gasteiger partial charge is 0.495 e. The van der Waals surface area contributed by atoms with Gasteiger partial charge in [-0.1, -0.05) is 29.8 Å². The van der Waals surface area contributed by atoms with Crippen molar-refractivity contribution >= 4 is 28.3 Å². The second-order valence-corrected chi connectivity index (χ2v) is 7.34. The van der Waals surface area contributed by atoms with Gasteiger partial charge >= 0.3 is 0 Å². The highest BCUT2D eigenvalue weighted by molar-refractivity contribution is 6.06. The van der Waals surface area contributed by atoms with E-state index in [1.165, 1.54) is 7.11 Å². The summed E-state index contributed by atoms with van der Waals surface area (Å²) in [4.78, 5) is 22.2. The number of nitrogens with one attached hydrogen (secondary N) is 1. The molecule has 0 saturated heterocycles. The molecule has 4 rings (SSSR count). The number of hydrogen-bond donors (Lipinski definition) is 2. The quantitative estimate of drug-likeness (QED) is 0.489. The maximum absolute atomic E-state index is 13.3. The van der Waals surface area contributed by atoms with Crippen molar-refractivity contribution in [2.45, 2.75) is 20.5 Å². The van der Waals surface area contributed by atoms with Crippen molar-refractivity contribution in [2.75, 3.05) is 12.4 Å². The van der Waals surface area contributed by atoms with Crippen molar-refractivity contribution in [2.24, 2.45) is 4.99 Å². The molecule has 7 nitrogen and oxygen atoms in total. The van der Waals surface area contributed by atoms with E-state index in [1.807, 2.05) is 37.3 Å². The van der Waals surface area contributed by atoms with E-state index in [2.05, 4.69) is 15.3 Å². The first-order chi connectivity index (χ1) is 15.5. The van der Waals surface area contributed by atoms with Crippen LogP contribution in [0.5, 0.6) is 5.75 Å². The summed E-state index contributed by atoms with van der Waals surface area (Å²) in [7, 11) is 1.54. The molecule has 0 aliphatic heterocycles. The Labute approximate surface area is 185 Å². The molecule has 0 radical (unpaired) electrons. The van der Waals surface area contributed by atoms with Crippen molar-refractivity contribution < 1.29 is 19.1 Å². The van der Waals surface area contributed by atoms with Crippen molar-refractivity contribution in [3.63, 3.8) is 0 Å². The van der Waals surface area contributed by atoms with Gasteiger partial charge < -0.3 is 19.6 Å². The molecule has 0 unspecified atom stereocenters. The fourth-order valence-corrected chi connectivity index (χ4v) is 3.33. The number of fused-ring (bicyclic) bond motifs is 1. The molecule has 2 aromatic heterocycles. The fourth-order valence-electron chi connectivity index (χ4n) is 3.33. The van der Waals surface area contributed by atoms with Crippen LogP contribution < -0.4 is 15.6 Å². The van der Waals surface area contributed by atoms with Crippen LogP contribution in [0, 0.1) is 13.8 Å². The van der Waals surface area contributed by atoms with Gasteiger partial charge in [0.15, 0.2) is 5.58 Å². The van der Waals surface area contributed by atoms with Gasteiger partial charge in [0.25, 0.3) is 5.91 Å². The van der Waals surface area contributed by atoms with E-state index < -0.39 is 5.91 Å². The number of aliphatic hydroxyl groups is 1. The summed E-state index contributed by atoms with van der Waals surface area (Å²) in [5.74, 6) is 0.121. The first kappa shape index (κ1) is 21.3. The molecule has 7 heteroatoms. The van der Waals surface area contributed by atoms with Crippen LogP contribution in [0.25, 0.3) is 11.0 Å². The van der Waals surface area contributed by atoms with Crippen molar-refractivity contribution in [1.29, 1.82) is 0 Å². The SMILES string of the molecule is COc1ccccc1NC(=O)c1cc2c(CO)cnc(C)c2oc1=Nc1ccc(C)cc1. The lowest BCUT2D eigenvalue weighted by Crippen LogP contribution is -2.22. The molecule has 2 heterocycles. The smallest absolute Gasteiger partial charge is 0.261 e. The Morgan fingerprint density at radius 2 is 1.91 bits per heavy atom. The third-order valence-corrected chi connectivity index (χ3v) is 5.09. The highest BCUT2D eigenvalue weighted by Gasteiger charge is 2.17. The Morgan fingerprint density at radius 3 is 2.62 bits per heavy atom. The zero-order valence-electron chi connectivity index (χ0n) is 18.0. The van der Waals surface area contributed by atoms with Crippen LogP contribution in [0.1, 0.15) is 27.2 Å². The normalized spacial score (nSPS) is 11.6. The van der Waals surface area contributed by atoms with E-state index in [0.29, 0.717) is 39.4 Å². The van der Waals surface area contributed by atoms with E-state index >= 15 is 0 Å². The number of para-hydroxylation sites is 2. The molecule has 1 amide bonds. The summed E-state index contributed by atoms with van der Waals surface area (Å²) in [6, 6.07) is 16.4. The second-order valence-electron chi connectivity index (χ2n) is 7.34. The molecule has 0 aliphatic rings. The van der Waals surface area contributed by atoms with Gasteiger partial charge in [-0.15, -0.1) is 0 Å². The number of pyridine rings is 1. The average molecular weight is 429 g/mol. The number of carbonyl (C=O) groups excluding carboxylic acids is 1. The molecular weight excluding hydrogens is 406 g/mol. The first-order valence-corrected chi connectivity index (χ1v) is 10.1. The molecule has 0 fully saturated rings. The summed E-state index contributed by atoms with van der Waals surface area (Å²) >= 11 is 0. The van der Waals surface area contributed by atoms with Crippen molar-refractivity contribution in [3.8, 4) is 5.75 Å². The Bertz CT molecular complexity index is 1360. The second kappa shape index (κ2) is 9.03. The minimum Gasteiger partial charge on any atom is -0.495 e. The predicted octanol–water partition coefficient (Wildman–Crippen LogP) is 4.43. The van der Waals surface area contributed by atoms with Crippen LogP contribution >= 0.6 is 0 Å². The zero-order chi connectivity index (χ0) is 22.7.